The molecule has 1 aromatic rings. The molecule has 0 spiro atoms. The second-order valence-electron chi connectivity index (χ2n) is 4.09. The summed E-state index contributed by atoms with van der Waals surface area (Å²) in [6, 6.07) is 0.132. The number of halogens is 2. The van der Waals surface area contributed by atoms with Crippen LogP contribution in [0.1, 0.15) is 12.5 Å². The molecule has 0 fully saturated rings. The minimum Gasteiger partial charge on any atom is -0.383 e. The molecule has 7 heteroatoms. The smallest absolute Gasteiger partial charge is 0.138 e. The van der Waals surface area contributed by atoms with Crippen LogP contribution in [0.4, 0.5) is 5.82 Å². The van der Waals surface area contributed by atoms with Crippen LogP contribution in [0.2, 0.25) is 5.15 Å². The van der Waals surface area contributed by atoms with Gasteiger partial charge in [-0.25, -0.2) is 9.97 Å². The van der Waals surface area contributed by atoms with Gasteiger partial charge in [-0.15, -0.1) is 11.6 Å². The van der Waals surface area contributed by atoms with Crippen LogP contribution < -0.4 is 4.90 Å². The van der Waals surface area contributed by atoms with Crippen LogP contribution >= 0.6 is 23.2 Å². The maximum Gasteiger partial charge on any atom is 0.138 e. The monoisotopic (exact) mass is 307 g/mol. The van der Waals surface area contributed by atoms with E-state index >= 15 is 0 Å². The van der Waals surface area contributed by atoms with Gasteiger partial charge in [0.1, 0.15) is 17.3 Å². The molecule has 1 unspecified atom stereocenters. The van der Waals surface area contributed by atoms with Gasteiger partial charge in [-0.3, -0.25) is 0 Å². The number of alkyl halides is 1. The Hall–Kier alpha value is -0.620. The first-order chi connectivity index (χ1) is 9.15. The number of rotatable bonds is 8. The zero-order chi connectivity index (χ0) is 14.3. The number of nitrogens with zero attached hydrogens (tertiary/aromatic N) is 3. The first-order valence-electron chi connectivity index (χ1n) is 5.95. The van der Waals surface area contributed by atoms with Crippen LogP contribution in [-0.2, 0) is 15.4 Å². The van der Waals surface area contributed by atoms with Gasteiger partial charge in [0.05, 0.1) is 25.1 Å². The molecule has 1 atom stereocenters. The Labute approximate surface area is 123 Å². The van der Waals surface area contributed by atoms with Crippen molar-refractivity contribution in [3.05, 3.63) is 17.0 Å². The molecule has 0 radical (unpaired) electrons. The lowest BCUT2D eigenvalue weighted by atomic mass is 10.2. The maximum absolute atomic E-state index is 6.06. The van der Waals surface area contributed by atoms with E-state index in [1.54, 1.807) is 14.2 Å². The largest absolute Gasteiger partial charge is 0.383 e. The summed E-state index contributed by atoms with van der Waals surface area (Å²) in [6.07, 6.45) is 1.44. The Kier molecular flexibility index (Phi) is 7.38. The van der Waals surface area contributed by atoms with Crippen molar-refractivity contribution < 1.29 is 9.47 Å². The highest BCUT2D eigenvalue weighted by Gasteiger charge is 2.20. The summed E-state index contributed by atoms with van der Waals surface area (Å²) in [6.45, 7) is 3.88. The molecule has 5 nitrogen and oxygen atoms in total. The lowest BCUT2D eigenvalue weighted by Gasteiger charge is -2.31. The SMILES string of the molecule is COCCN(c1ncnc(Cl)c1CCl)C(C)COC. The first kappa shape index (κ1) is 16.4. The standard InChI is InChI=1S/C12H19Cl2N3O2/c1-9(7-19-3)17(4-5-18-2)12-10(6-13)11(14)15-8-16-12/h8-9H,4-7H2,1-3H3. The van der Waals surface area contributed by atoms with E-state index < -0.39 is 0 Å². The van der Waals surface area contributed by atoms with Gasteiger partial charge in [-0.1, -0.05) is 11.6 Å². The summed E-state index contributed by atoms with van der Waals surface area (Å²) in [5.41, 5.74) is 0.727. The fraction of sp³-hybridized carbons (Fsp3) is 0.667. The van der Waals surface area contributed by atoms with Crippen molar-refractivity contribution in [2.45, 2.75) is 18.8 Å². The zero-order valence-electron chi connectivity index (χ0n) is 11.4. The van der Waals surface area contributed by atoms with Crippen molar-refractivity contribution in [1.82, 2.24) is 9.97 Å². The second kappa shape index (κ2) is 8.53. The molecule has 0 aromatic carbocycles. The molecular weight excluding hydrogens is 289 g/mol. The van der Waals surface area contributed by atoms with Gasteiger partial charge in [0.25, 0.3) is 0 Å². The first-order valence-corrected chi connectivity index (χ1v) is 6.86. The third-order valence-corrected chi connectivity index (χ3v) is 3.34. The summed E-state index contributed by atoms with van der Waals surface area (Å²) < 4.78 is 10.3. The van der Waals surface area contributed by atoms with Crippen molar-refractivity contribution in [1.29, 1.82) is 0 Å². The number of aromatic nitrogens is 2. The Morgan fingerprint density at radius 2 is 2.05 bits per heavy atom. The third-order valence-electron chi connectivity index (χ3n) is 2.75. The molecule has 0 N–H and O–H groups in total. The number of hydrogen-bond acceptors (Lipinski definition) is 5. The van der Waals surface area contributed by atoms with Crippen LogP contribution in [0.5, 0.6) is 0 Å². The Bertz CT molecular complexity index is 393. The Balaban J connectivity index is 3.05. The van der Waals surface area contributed by atoms with Gasteiger partial charge in [0.2, 0.25) is 0 Å². The molecule has 0 bridgehead atoms. The summed E-state index contributed by atoms with van der Waals surface area (Å²) in [7, 11) is 3.33. The van der Waals surface area contributed by atoms with E-state index in [2.05, 4.69) is 14.9 Å². The summed E-state index contributed by atoms with van der Waals surface area (Å²) in [5.74, 6) is 0.995. The minimum atomic E-state index is 0.132. The topological polar surface area (TPSA) is 47.5 Å². The van der Waals surface area contributed by atoms with E-state index in [9.17, 15) is 0 Å². The molecule has 0 amide bonds. The molecule has 108 valence electrons. The van der Waals surface area contributed by atoms with E-state index in [0.717, 1.165) is 11.4 Å². The van der Waals surface area contributed by atoms with Crippen molar-refractivity contribution >= 4 is 29.0 Å². The molecule has 0 aliphatic heterocycles. The van der Waals surface area contributed by atoms with Gasteiger partial charge in [-0.2, -0.15) is 0 Å². The molecule has 1 aromatic heterocycles. The lowest BCUT2D eigenvalue weighted by molar-refractivity contribution is 0.170. The van der Waals surface area contributed by atoms with Crippen LogP contribution in [0.25, 0.3) is 0 Å². The summed E-state index contributed by atoms with van der Waals surface area (Å²) >= 11 is 12.0. The van der Waals surface area contributed by atoms with E-state index in [1.165, 1.54) is 6.33 Å². The van der Waals surface area contributed by atoms with Crippen LogP contribution in [0.15, 0.2) is 6.33 Å². The Morgan fingerprint density at radius 3 is 2.63 bits per heavy atom. The average Bonchev–Trinajstić information content (AvgIpc) is 2.39. The Morgan fingerprint density at radius 1 is 1.32 bits per heavy atom. The van der Waals surface area contributed by atoms with Crippen LogP contribution in [0, 0.1) is 0 Å². The van der Waals surface area contributed by atoms with E-state index in [0.29, 0.717) is 24.9 Å². The van der Waals surface area contributed by atoms with Gasteiger partial charge in [0.15, 0.2) is 0 Å². The molecule has 1 heterocycles. The van der Waals surface area contributed by atoms with Crippen molar-refractivity contribution in [2.75, 3.05) is 38.9 Å². The van der Waals surface area contributed by atoms with E-state index in [-0.39, 0.29) is 11.9 Å². The average molecular weight is 308 g/mol. The highest BCUT2D eigenvalue weighted by molar-refractivity contribution is 6.31. The fourth-order valence-electron chi connectivity index (χ4n) is 1.80. The maximum atomic E-state index is 6.06. The van der Waals surface area contributed by atoms with Gasteiger partial charge < -0.3 is 14.4 Å². The molecule has 0 saturated heterocycles. The molecule has 0 aliphatic carbocycles. The molecular formula is C12H19Cl2N3O2. The van der Waals surface area contributed by atoms with Crippen molar-refractivity contribution in [3.63, 3.8) is 0 Å². The normalized spacial score (nSPS) is 12.5. The van der Waals surface area contributed by atoms with Gasteiger partial charge in [0, 0.05) is 26.3 Å². The zero-order valence-corrected chi connectivity index (χ0v) is 12.9. The highest BCUT2D eigenvalue weighted by atomic mass is 35.5. The van der Waals surface area contributed by atoms with Crippen LogP contribution in [-0.4, -0.2) is 50.0 Å². The van der Waals surface area contributed by atoms with Crippen molar-refractivity contribution in [3.8, 4) is 0 Å². The van der Waals surface area contributed by atoms with Crippen LogP contribution in [0.3, 0.4) is 0 Å². The summed E-state index contributed by atoms with van der Waals surface area (Å²) in [5, 5.41) is 0.382. The van der Waals surface area contributed by atoms with E-state index in [1.807, 2.05) is 6.92 Å². The molecule has 1 rings (SSSR count). The fourth-order valence-corrected chi connectivity index (χ4v) is 2.31. The minimum absolute atomic E-state index is 0.132. The predicted octanol–water partition coefficient (Wildman–Crippen LogP) is 2.36. The quantitative estimate of drug-likeness (QED) is 0.545. The highest BCUT2D eigenvalue weighted by Crippen LogP contribution is 2.26. The second-order valence-corrected chi connectivity index (χ2v) is 4.72. The molecule has 19 heavy (non-hydrogen) atoms. The number of ether oxygens (including phenoxy) is 2. The molecule has 0 saturated carbocycles. The molecule has 0 aliphatic rings. The van der Waals surface area contributed by atoms with E-state index in [4.69, 9.17) is 32.7 Å². The lowest BCUT2D eigenvalue weighted by Crippen LogP contribution is -2.39. The number of methoxy groups -OCH3 is 2. The summed E-state index contributed by atoms with van der Waals surface area (Å²) in [4.78, 5) is 10.3. The van der Waals surface area contributed by atoms with Gasteiger partial charge >= 0.3 is 0 Å². The predicted molar refractivity (Wildman–Crippen MR) is 77.2 cm³/mol. The van der Waals surface area contributed by atoms with Crippen molar-refractivity contribution in [2.24, 2.45) is 0 Å². The number of anilines is 1. The third kappa shape index (κ3) is 4.45. The number of hydrogen-bond donors (Lipinski definition) is 0. The van der Waals surface area contributed by atoms with Gasteiger partial charge in [-0.05, 0) is 6.92 Å².